The molecule has 1 rings (SSSR count). The summed E-state index contributed by atoms with van der Waals surface area (Å²) in [7, 11) is 0. The van der Waals surface area contributed by atoms with Gasteiger partial charge < -0.3 is 10.2 Å². The fraction of sp³-hybridized carbons (Fsp3) is 0.696. The second kappa shape index (κ2) is 15.7. The number of benzene rings is 1. The van der Waals surface area contributed by atoms with Crippen LogP contribution in [0.3, 0.4) is 0 Å². The summed E-state index contributed by atoms with van der Waals surface area (Å²) in [4.78, 5) is 10.4. The molecule has 0 aliphatic rings. The van der Waals surface area contributed by atoms with E-state index in [1.807, 2.05) is 12.1 Å². The highest BCUT2D eigenvalue weighted by molar-refractivity contribution is 5.66. The maximum atomic E-state index is 10.4. The molecule has 26 heavy (non-hydrogen) atoms. The van der Waals surface area contributed by atoms with Crippen molar-refractivity contribution in [3.8, 4) is 5.75 Å². The Bertz CT molecular complexity index is 453. The molecule has 0 radical (unpaired) electrons. The summed E-state index contributed by atoms with van der Waals surface area (Å²) in [6, 6.07) is 7.58. The van der Waals surface area contributed by atoms with E-state index in [0.717, 1.165) is 19.3 Å². The highest BCUT2D eigenvalue weighted by Gasteiger charge is 1.98. The Morgan fingerprint density at radius 1 is 0.615 bits per heavy atom. The van der Waals surface area contributed by atoms with Gasteiger partial charge in [0.2, 0.25) is 0 Å². The second-order valence-corrected chi connectivity index (χ2v) is 7.51. The van der Waals surface area contributed by atoms with Crippen LogP contribution in [0, 0.1) is 0 Å². The molecule has 0 fully saturated rings. The Morgan fingerprint density at radius 3 is 1.42 bits per heavy atom. The summed E-state index contributed by atoms with van der Waals surface area (Å²) >= 11 is 0. The Morgan fingerprint density at radius 2 is 1.00 bits per heavy atom. The third-order valence-electron chi connectivity index (χ3n) is 5.04. The predicted molar refractivity (Wildman–Crippen MR) is 109 cm³/mol. The molecule has 0 spiro atoms. The van der Waals surface area contributed by atoms with Crippen molar-refractivity contribution < 1.29 is 15.0 Å². The number of phenols is 1. The lowest BCUT2D eigenvalue weighted by Crippen LogP contribution is -1.93. The Hall–Kier alpha value is -1.51. The average molecular weight is 363 g/mol. The molecule has 3 nitrogen and oxygen atoms in total. The molecule has 1 aromatic carbocycles. The maximum Gasteiger partial charge on any atom is 0.303 e. The molecule has 0 aliphatic carbocycles. The molecule has 0 aromatic heterocycles. The van der Waals surface area contributed by atoms with Gasteiger partial charge in [-0.1, -0.05) is 89.2 Å². The van der Waals surface area contributed by atoms with Crippen LogP contribution in [-0.2, 0) is 11.2 Å². The first kappa shape index (κ1) is 22.5. The highest BCUT2D eigenvalue weighted by atomic mass is 16.4. The van der Waals surface area contributed by atoms with E-state index in [2.05, 4.69) is 0 Å². The number of carbonyl (C=O) groups is 1. The van der Waals surface area contributed by atoms with Crippen LogP contribution in [0.2, 0.25) is 0 Å². The normalized spacial score (nSPS) is 10.9. The van der Waals surface area contributed by atoms with Gasteiger partial charge in [-0.25, -0.2) is 0 Å². The highest BCUT2D eigenvalue weighted by Crippen LogP contribution is 2.15. The molecule has 3 heteroatoms. The van der Waals surface area contributed by atoms with Gasteiger partial charge in [0.15, 0.2) is 0 Å². The van der Waals surface area contributed by atoms with Crippen LogP contribution in [0.4, 0.5) is 0 Å². The van der Waals surface area contributed by atoms with Crippen molar-refractivity contribution in [2.24, 2.45) is 0 Å². The van der Waals surface area contributed by atoms with Crippen LogP contribution in [0.5, 0.6) is 5.75 Å². The van der Waals surface area contributed by atoms with Crippen LogP contribution >= 0.6 is 0 Å². The van der Waals surface area contributed by atoms with Crippen LogP contribution in [0.15, 0.2) is 24.3 Å². The molecule has 0 bridgehead atoms. The Kier molecular flexibility index (Phi) is 13.6. The number of carboxylic acid groups (broad SMARTS) is 1. The van der Waals surface area contributed by atoms with E-state index < -0.39 is 5.97 Å². The molecule has 0 saturated carbocycles. The molecule has 148 valence electrons. The largest absolute Gasteiger partial charge is 0.508 e. The van der Waals surface area contributed by atoms with Crippen molar-refractivity contribution >= 4 is 5.97 Å². The van der Waals surface area contributed by atoms with Gasteiger partial charge in [-0.3, -0.25) is 4.79 Å². The summed E-state index contributed by atoms with van der Waals surface area (Å²) < 4.78 is 0. The number of unbranched alkanes of at least 4 members (excludes halogenated alkanes) is 13. The van der Waals surface area contributed by atoms with E-state index in [4.69, 9.17) is 5.11 Å². The second-order valence-electron chi connectivity index (χ2n) is 7.51. The van der Waals surface area contributed by atoms with Crippen molar-refractivity contribution in [3.63, 3.8) is 0 Å². The number of phenolic OH excluding ortho intramolecular Hbond substituents is 1. The third kappa shape index (κ3) is 13.7. The van der Waals surface area contributed by atoms with Gasteiger partial charge >= 0.3 is 5.97 Å². The molecule has 0 aliphatic heterocycles. The molecular formula is C23H38O3. The number of hydrogen-bond acceptors (Lipinski definition) is 2. The summed E-state index contributed by atoms with van der Waals surface area (Å²) in [6.45, 7) is 0. The van der Waals surface area contributed by atoms with Gasteiger partial charge in [0.05, 0.1) is 0 Å². The molecule has 0 saturated heterocycles. The lowest BCUT2D eigenvalue weighted by atomic mass is 10.0. The van der Waals surface area contributed by atoms with Crippen molar-refractivity contribution in [2.45, 2.75) is 103 Å². The standard InChI is InChI=1S/C23H38O3/c24-22-19-17-21(18-20-22)15-13-11-9-7-5-3-1-2-4-6-8-10-12-14-16-23(25)26/h17-20,24H,1-16H2,(H,25,26). The van der Waals surface area contributed by atoms with Crippen molar-refractivity contribution in [3.05, 3.63) is 29.8 Å². The van der Waals surface area contributed by atoms with E-state index in [0.29, 0.717) is 12.2 Å². The van der Waals surface area contributed by atoms with Gasteiger partial charge in [-0.2, -0.15) is 0 Å². The lowest BCUT2D eigenvalue weighted by Gasteiger charge is -2.04. The van der Waals surface area contributed by atoms with Crippen molar-refractivity contribution in [1.29, 1.82) is 0 Å². The minimum Gasteiger partial charge on any atom is -0.508 e. The van der Waals surface area contributed by atoms with E-state index in [1.54, 1.807) is 12.1 Å². The van der Waals surface area contributed by atoms with Crippen LogP contribution < -0.4 is 0 Å². The predicted octanol–water partition coefficient (Wildman–Crippen LogP) is 6.87. The molecule has 0 heterocycles. The number of aryl methyl sites for hydroxylation is 1. The third-order valence-corrected chi connectivity index (χ3v) is 5.04. The number of rotatable bonds is 17. The topological polar surface area (TPSA) is 57.5 Å². The molecule has 2 N–H and O–H groups in total. The molecule has 0 atom stereocenters. The Labute approximate surface area is 159 Å². The van der Waals surface area contributed by atoms with Crippen molar-refractivity contribution in [2.75, 3.05) is 0 Å². The molecule has 1 aromatic rings. The quantitative estimate of drug-likeness (QED) is 0.297. The summed E-state index contributed by atoms with van der Waals surface area (Å²) in [6.07, 6.45) is 19.2. The van der Waals surface area contributed by atoms with E-state index in [1.165, 1.54) is 82.6 Å². The van der Waals surface area contributed by atoms with E-state index >= 15 is 0 Å². The SMILES string of the molecule is O=C(O)CCCCCCCCCCCCCCCCc1ccc(O)cc1. The number of aromatic hydroxyl groups is 1. The fourth-order valence-electron chi connectivity index (χ4n) is 3.39. The van der Waals surface area contributed by atoms with Crippen LogP contribution in [0.25, 0.3) is 0 Å². The van der Waals surface area contributed by atoms with Gasteiger partial charge in [0.1, 0.15) is 5.75 Å². The molecule has 0 unspecified atom stereocenters. The van der Waals surface area contributed by atoms with E-state index in [-0.39, 0.29) is 0 Å². The van der Waals surface area contributed by atoms with Crippen molar-refractivity contribution in [1.82, 2.24) is 0 Å². The number of carboxylic acids is 1. The summed E-state index contributed by atoms with van der Waals surface area (Å²) in [5, 5.41) is 17.8. The van der Waals surface area contributed by atoms with Crippen LogP contribution in [-0.4, -0.2) is 16.2 Å². The van der Waals surface area contributed by atoms with Gasteiger partial charge in [0.25, 0.3) is 0 Å². The lowest BCUT2D eigenvalue weighted by molar-refractivity contribution is -0.137. The first-order chi connectivity index (χ1) is 12.7. The first-order valence-corrected chi connectivity index (χ1v) is 10.7. The van der Waals surface area contributed by atoms with E-state index in [9.17, 15) is 9.90 Å². The Balaban J connectivity index is 1.74. The van der Waals surface area contributed by atoms with Gasteiger partial charge in [-0.15, -0.1) is 0 Å². The minimum atomic E-state index is -0.664. The summed E-state index contributed by atoms with van der Waals surface area (Å²) in [5.74, 6) is -0.313. The zero-order valence-corrected chi connectivity index (χ0v) is 16.4. The molecule has 0 amide bonds. The minimum absolute atomic E-state index is 0.330. The number of hydrogen-bond donors (Lipinski definition) is 2. The van der Waals surface area contributed by atoms with Gasteiger partial charge in [0, 0.05) is 6.42 Å². The molecular weight excluding hydrogens is 324 g/mol. The summed E-state index contributed by atoms with van der Waals surface area (Å²) in [5.41, 5.74) is 1.32. The zero-order chi connectivity index (χ0) is 18.9. The first-order valence-electron chi connectivity index (χ1n) is 10.7. The monoisotopic (exact) mass is 362 g/mol. The maximum absolute atomic E-state index is 10.4. The zero-order valence-electron chi connectivity index (χ0n) is 16.4. The smallest absolute Gasteiger partial charge is 0.303 e. The number of aliphatic carboxylic acids is 1. The van der Waals surface area contributed by atoms with Crippen LogP contribution in [0.1, 0.15) is 102 Å². The average Bonchev–Trinajstić information content (AvgIpc) is 2.62. The van der Waals surface area contributed by atoms with Gasteiger partial charge in [-0.05, 0) is 37.0 Å². The fourth-order valence-corrected chi connectivity index (χ4v) is 3.39.